The number of anilines is 1. The molecule has 1 N–H and O–H groups in total. The molecule has 0 spiro atoms. The minimum absolute atomic E-state index is 0.0755. The van der Waals surface area contributed by atoms with Gasteiger partial charge in [0.1, 0.15) is 6.07 Å². The van der Waals surface area contributed by atoms with Crippen LogP contribution in [0.3, 0.4) is 0 Å². The fraction of sp³-hybridized carbons (Fsp3) is 0.588. The predicted molar refractivity (Wildman–Crippen MR) is 85.4 cm³/mol. The summed E-state index contributed by atoms with van der Waals surface area (Å²) in [5, 5.41) is 12.9. The molecule has 2 rings (SSSR count). The van der Waals surface area contributed by atoms with Crippen molar-refractivity contribution in [3.8, 4) is 6.07 Å². The molecule has 1 aliphatic heterocycles. The number of rotatable bonds is 4. The summed E-state index contributed by atoms with van der Waals surface area (Å²) in [5.41, 5.74) is 3.00. The topological polar surface area (TPSA) is 48.3 Å². The lowest BCUT2D eigenvalue weighted by Crippen LogP contribution is -2.35. The molecule has 0 aromatic heterocycles. The van der Waals surface area contributed by atoms with Crippen molar-refractivity contribution in [3.63, 3.8) is 0 Å². The second-order valence-electron chi connectivity index (χ2n) is 6.66. The van der Waals surface area contributed by atoms with Crippen LogP contribution in [0, 0.1) is 11.3 Å². The Kier molecular flexibility index (Phi) is 4.87. The lowest BCUT2D eigenvalue weighted by Gasteiger charge is -2.22. The molecule has 1 heterocycles. The first-order valence-corrected chi connectivity index (χ1v) is 7.49. The van der Waals surface area contributed by atoms with E-state index in [1.807, 2.05) is 6.07 Å². The number of methoxy groups -OCH3 is 1. The zero-order valence-corrected chi connectivity index (χ0v) is 13.4. The third kappa shape index (κ3) is 4.20. The van der Waals surface area contributed by atoms with Crippen molar-refractivity contribution in [2.75, 3.05) is 25.1 Å². The van der Waals surface area contributed by atoms with Gasteiger partial charge in [-0.25, -0.2) is 0 Å². The van der Waals surface area contributed by atoms with Crippen LogP contribution in [0.5, 0.6) is 0 Å². The van der Waals surface area contributed by atoms with Gasteiger partial charge >= 0.3 is 0 Å². The molecule has 0 aliphatic carbocycles. The Bertz CT molecular complexity index is 528. The van der Waals surface area contributed by atoms with E-state index in [1.165, 1.54) is 0 Å². The smallest absolute Gasteiger partial charge is 0.101 e. The maximum absolute atomic E-state index is 9.43. The molecule has 1 aromatic carbocycles. The number of nitriles is 1. The van der Waals surface area contributed by atoms with Crippen molar-refractivity contribution in [2.45, 2.75) is 45.4 Å². The molecule has 114 valence electrons. The Balaban J connectivity index is 2.12. The van der Waals surface area contributed by atoms with E-state index in [1.54, 1.807) is 7.11 Å². The van der Waals surface area contributed by atoms with Crippen LogP contribution >= 0.6 is 0 Å². The number of nitrogens with zero attached hydrogens (tertiary/aromatic N) is 2. The number of hydrogen-bond acceptors (Lipinski definition) is 4. The summed E-state index contributed by atoms with van der Waals surface area (Å²) in [5.74, 6) is 0. The minimum Gasteiger partial charge on any atom is -0.380 e. The van der Waals surface area contributed by atoms with E-state index in [0.717, 1.165) is 42.9 Å². The Morgan fingerprint density at radius 3 is 2.76 bits per heavy atom. The fourth-order valence-electron chi connectivity index (χ4n) is 2.57. The molecule has 0 amide bonds. The SMILES string of the molecule is COC1CCN(c2ccc(CNC(C)(C)C)cc2C#N)C1. The Morgan fingerprint density at radius 1 is 1.43 bits per heavy atom. The van der Waals surface area contributed by atoms with Crippen LogP contribution in [0.4, 0.5) is 5.69 Å². The van der Waals surface area contributed by atoms with E-state index in [4.69, 9.17) is 4.74 Å². The lowest BCUT2D eigenvalue weighted by molar-refractivity contribution is 0.121. The highest BCUT2D eigenvalue weighted by Crippen LogP contribution is 2.26. The van der Waals surface area contributed by atoms with Gasteiger partial charge in [0.15, 0.2) is 0 Å². The maximum Gasteiger partial charge on any atom is 0.101 e. The zero-order chi connectivity index (χ0) is 15.5. The quantitative estimate of drug-likeness (QED) is 0.925. The second kappa shape index (κ2) is 6.46. The highest BCUT2D eigenvalue weighted by molar-refractivity contribution is 5.61. The summed E-state index contributed by atoms with van der Waals surface area (Å²) < 4.78 is 5.40. The van der Waals surface area contributed by atoms with Crippen molar-refractivity contribution in [1.82, 2.24) is 5.32 Å². The van der Waals surface area contributed by atoms with Crippen molar-refractivity contribution in [3.05, 3.63) is 29.3 Å². The number of nitrogens with one attached hydrogen (secondary N) is 1. The summed E-state index contributed by atoms with van der Waals surface area (Å²) in [6.07, 6.45) is 1.30. The largest absolute Gasteiger partial charge is 0.380 e. The van der Waals surface area contributed by atoms with Crippen LogP contribution in [0.15, 0.2) is 18.2 Å². The summed E-state index contributed by atoms with van der Waals surface area (Å²) in [6.45, 7) is 9.02. The fourth-order valence-corrected chi connectivity index (χ4v) is 2.57. The normalized spacial score (nSPS) is 18.8. The molecule has 1 atom stereocenters. The highest BCUT2D eigenvalue weighted by Gasteiger charge is 2.24. The predicted octanol–water partition coefficient (Wildman–Crippen LogP) is 2.67. The van der Waals surface area contributed by atoms with Crippen LogP contribution in [-0.4, -0.2) is 31.8 Å². The van der Waals surface area contributed by atoms with Gasteiger partial charge in [0.05, 0.1) is 17.4 Å². The van der Waals surface area contributed by atoms with Crippen LogP contribution in [0.2, 0.25) is 0 Å². The first-order chi connectivity index (χ1) is 9.93. The summed E-state index contributed by atoms with van der Waals surface area (Å²) >= 11 is 0. The zero-order valence-electron chi connectivity index (χ0n) is 13.4. The van der Waals surface area contributed by atoms with Gasteiger partial charge in [-0.2, -0.15) is 5.26 Å². The lowest BCUT2D eigenvalue weighted by atomic mass is 10.1. The molecular weight excluding hydrogens is 262 g/mol. The third-order valence-electron chi connectivity index (χ3n) is 3.82. The molecule has 4 heteroatoms. The molecule has 0 bridgehead atoms. The number of benzene rings is 1. The first kappa shape index (κ1) is 15.8. The molecular formula is C17H25N3O. The van der Waals surface area contributed by atoms with Crippen molar-refractivity contribution < 1.29 is 4.74 Å². The van der Waals surface area contributed by atoms with Crippen LogP contribution in [-0.2, 0) is 11.3 Å². The minimum atomic E-state index is 0.0755. The highest BCUT2D eigenvalue weighted by atomic mass is 16.5. The van der Waals surface area contributed by atoms with E-state index in [-0.39, 0.29) is 11.6 Å². The number of ether oxygens (including phenoxy) is 1. The van der Waals surface area contributed by atoms with Gasteiger partial charge in [-0.1, -0.05) is 6.07 Å². The standard InChI is InChI=1S/C17H25N3O/c1-17(2,3)19-11-13-5-6-16(14(9-13)10-18)20-8-7-15(12-20)21-4/h5-6,9,15,19H,7-8,11-12H2,1-4H3. The van der Waals surface area contributed by atoms with Gasteiger partial charge < -0.3 is 15.0 Å². The van der Waals surface area contributed by atoms with Gasteiger partial charge in [-0.3, -0.25) is 0 Å². The second-order valence-corrected chi connectivity index (χ2v) is 6.66. The van der Waals surface area contributed by atoms with Crippen LogP contribution in [0.1, 0.15) is 38.3 Å². The Morgan fingerprint density at radius 2 is 2.19 bits per heavy atom. The van der Waals surface area contributed by atoms with Crippen LogP contribution < -0.4 is 10.2 Å². The van der Waals surface area contributed by atoms with Gasteiger partial charge in [0.25, 0.3) is 0 Å². The summed E-state index contributed by atoms with van der Waals surface area (Å²) in [6, 6.07) is 8.50. The molecule has 4 nitrogen and oxygen atoms in total. The molecule has 1 aromatic rings. The van der Waals surface area contributed by atoms with E-state index in [0.29, 0.717) is 0 Å². The monoisotopic (exact) mass is 287 g/mol. The van der Waals surface area contributed by atoms with Gasteiger partial charge in [0, 0.05) is 32.3 Å². The van der Waals surface area contributed by atoms with E-state index < -0.39 is 0 Å². The van der Waals surface area contributed by atoms with Gasteiger partial charge in [-0.05, 0) is 44.9 Å². The summed E-state index contributed by atoms with van der Waals surface area (Å²) in [4.78, 5) is 2.24. The molecule has 1 saturated heterocycles. The molecule has 21 heavy (non-hydrogen) atoms. The van der Waals surface area contributed by atoms with E-state index in [9.17, 15) is 5.26 Å². The first-order valence-electron chi connectivity index (χ1n) is 7.49. The molecule has 0 saturated carbocycles. The Hall–Kier alpha value is -1.57. The number of hydrogen-bond donors (Lipinski definition) is 1. The average Bonchev–Trinajstić information content (AvgIpc) is 2.92. The maximum atomic E-state index is 9.43. The van der Waals surface area contributed by atoms with Gasteiger partial charge in [0.2, 0.25) is 0 Å². The molecule has 1 aliphatic rings. The average molecular weight is 287 g/mol. The molecule has 0 radical (unpaired) electrons. The van der Waals surface area contributed by atoms with E-state index in [2.05, 4.69) is 49.2 Å². The van der Waals surface area contributed by atoms with Crippen molar-refractivity contribution in [1.29, 1.82) is 5.26 Å². The molecule has 1 unspecified atom stereocenters. The Labute approximate surface area is 127 Å². The van der Waals surface area contributed by atoms with Crippen molar-refractivity contribution in [2.24, 2.45) is 0 Å². The molecule has 1 fully saturated rings. The summed E-state index contributed by atoms with van der Waals surface area (Å²) in [7, 11) is 1.75. The van der Waals surface area contributed by atoms with Gasteiger partial charge in [-0.15, -0.1) is 0 Å². The van der Waals surface area contributed by atoms with Crippen molar-refractivity contribution >= 4 is 5.69 Å². The third-order valence-corrected chi connectivity index (χ3v) is 3.82. The van der Waals surface area contributed by atoms with Crippen LogP contribution in [0.25, 0.3) is 0 Å². The van der Waals surface area contributed by atoms with E-state index >= 15 is 0 Å².